The van der Waals surface area contributed by atoms with Gasteiger partial charge in [-0.1, -0.05) is 0 Å². The van der Waals surface area contributed by atoms with Crippen LogP contribution >= 0.6 is 0 Å². The lowest BCUT2D eigenvalue weighted by atomic mass is 9.97. The third kappa shape index (κ3) is 2.60. The summed E-state index contributed by atoms with van der Waals surface area (Å²) in [4.78, 5) is 2.38. The Labute approximate surface area is 103 Å². The van der Waals surface area contributed by atoms with E-state index in [4.69, 9.17) is 0 Å². The fourth-order valence-electron chi connectivity index (χ4n) is 2.63. The Kier molecular flexibility index (Phi) is 3.67. The van der Waals surface area contributed by atoms with Gasteiger partial charge in [0.2, 0.25) is 0 Å². The summed E-state index contributed by atoms with van der Waals surface area (Å²) in [6.07, 6.45) is 2.30. The predicted octanol–water partition coefficient (Wildman–Crippen LogP) is 2.71. The molecule has 1 aliphatic rings. The van der Waals surface area contributed by atoms with Crippen molar-refractivity contribution in [2.24, 2.45) is 0 Å². The Morgan fingerprint density at radius 2 is 2.18 bits per heavy atom. The van der Waals surface area contributed by atoms with Crippen LogP contribution in [0.25, 0.3) is 0 Å². The van der Waals surface area contributed by atoms with Crippen LogP contribution in [0.15, 0.2) is 18.2 Å². The maximum absolute atomic E-state index is 13.3. The van der Waals surface area contributed by atoms with E-state index in [0.29, 0.717) is 12.1 Å². The molecule has 17 heavy (non-hydrogen) atoms. The zero-order valence-corrected chi connectivity index (χ0v) is 10.8. The van der Waals surface area contributed by atoms with E-state index in [-0.39, 0.29) is 5.82 Å². The molecule has 0 aromatic heterocycles. The Bertz CT molecular complexity index is 392. The number of piperidine rings is 1. The first-order valence-electron chi connectivity index (χ1n) is 6.32. The molecule has 2 atom stereocenters. The van der Waals surface area contributed by atoms with Crippen LogP contribution in [0.2, 0.25) is 0 Å². The maximum atomic E-state index is 13.3. The number of benzene rings is 1. The van der Waals surface area contributed by atoms with Crippen LogP contribution in [0.3, 0.4) is 0 Å². The first kappa shape index (κ1) is 12.4. The van der Waals surface area contributed by atoms with Crippen LogP contribution in [0.5, 0.6) is 0 Å². The summed E-state index contributed by atoms with van der Waals surface area (Å²) < 4.78 is 13.3. The predicted molar refractivity (Wildman–Crippen MR) is 70.0 cm³/mol. The summed E-state index contributed by atoms with van der Waals surface area (Å²) in [6, 6.07) is 6.53. The molecule has 0 amide bonds. The number of anilines is 1. The lowest BCUT2D eigenvalue weighted by Gasteiger charge is -2.39. The number of aryl methyl sites for hydroxylation is 1. The monoisotopic (exact) mass is 236 g/mol. The van der Waals surface area contributed by atoms with Gasteiger partial charge in [0.1, 0.15) is 5.82 Å². The number of rotatable bonds is 2. The fraction of sp³-hybridized carbons (Fsp3) is 0.571. The van der Waals surface area contributed by atoms with Crippen LogP contribution in [0, 0.1) is 12.7 Å². The molecule has 0 aliphatic carbocycles. The van der Waals surface area contributed by atoms with Crippen molar-refractivity contribution in [3.05, 3.63) is 29.6 Å². The van der Waals surface area contributed by atoms with Crippen molar-refractivity contribution in [1.29, 1.82) is 0 Å². The molecule has 0 bridgehead atoms. The number of halogens is 1. The van der Waals surface area contributed by atoms with Crippen LogP contribution in [0.4, 0.5) is 10.1 Å². The van der Waals surface area contributed by atoms with E-state index in [2.05, 4.69) is 17.1 Å². The van der Waals surface area contributed by atoms with E-state index in [1.54, 1.807) is 6.07 Å². The topological polar surface area (TPSA) is 15.3 Å². The summed E-state index contributed by atoms with van der Waals surface area (Å²) in [6.45, 7) is 5.10. The lowest BCUT2D eigenvalue weighted by molar-refractivity contribution is 0.387. The normalized spacial score (nSPS) is 25.1. The Morgan fingerprint density at radius 1 is 1.41 bits per heavy atom. The van der Waals surface area contributed by atoms with Gasteiger partial charge >= 0.3 is 0 Å². The van der Waals surface area contributed by atoms with Crippen molar-refractivity contribution in [2.45, 2.75) is 38.8 Å². The van der Waals surface area contributed by atoms with Crippen LogP contribution in [-0.2, 0) is 0 Å². The minimum absolute atomic E-state index is 0.119. The van der Waals surface area contributed by atoms with E-state index in [9.17, 15) is 4.39 Å². The van der Waals surface area contributed by atoms with Gasteiger partial charge in [0.15, 0.2) is 0 Å². The molecular formula is C14H21FN2. The molecule has 94 valence electrons. The van der Waals surface area contributed by atoms with Gasteiger partial charge in [-0.25, -0.2) is 4.39 Å². The Hall–Kier alpha value is -1.09. The lowest BCUT2D eigenvalue weighted by Crippen LogP contribution is -2.46. The Morgan fingerprint density at radius 3 is 2.76 bits per heavy atom. The second-order valence-electron chi connectivity index (χ2n) is 4.99. The molecule has 0 saturated carbocycles. The molecule has 0 radical (unpaired) electrons. The molecule has 3 heteroatoms. The molecule has 2 unspecified atom stereocenters. The fourth-order valence-corrected chi connectivity index (χ4v) is 2.63. The number of hydrogen-bond donors (Lipinski definition) is 1. The summed E-state index contributed by atoms with van der Waals surface area (Å²) >= 11 is 0. The van der Waals surface area contributed by atoms with E-state index in [1.165, 1.54) is 0 Å². The van der Waals surface area contributed by atoms with Crippen molar-refractivity contribution >= 4 is 5.69 Å². The molecule has 2 rings (SSSR count). The highest BCUT2D eigenvalue weighted by Crippen LogP contribution is 2.26. The van der Waals surface area contributed by atoms with Crippen LogP contribution in [-0.4, -0.2) is 25.7 Å². The molecule has 1 saturated heterocycles. The summed E-state index contributed by atoms with van der Waals surface area (Å²) in [5.41, 5.74) is 1.87. The molecule has 1 aromatic carbocycles. The molecule has 1 N–H and O–H groups in total. The average Bonchev–Trinajstić information content (AvgIpc) is 2.32. The Balaban J connectivity index is 2.14. The summed E-state index contributed by atoms with van der Waals surface area (Å²) in [7, 11) is 2.02. The zero-order chi connectivity index (χ0) is 12.4. The maximum Gasteiger partial charge on any atom is 0.126 e. The van der Waals surface area contributed by atoms with Crippen molar-refractivity contribution in [1.82, 2.24) is 5.32 Å². The quantitative estimate of drug-likeness (QED) is 0.849. The molecule has 2 nitrogen and oxygen atoms in total. The second kappa shape index (κ2) is 5.05. The number of nitrogens with one attached hydrogen (secondary N) is 1. The zero-order valence-electron chi connectivity index (χ0n) is 10.8. The van der Waals surface area contributed by atoms with Gasteiger partial charge in [-0.2, -0.15) is 0 Å². The van der Waals surface area contributed by atoms with Crippen LogP contribution < -0.4 is 10.2 Å². The average molecular weight is 236 g/mol. The summed E-state index contributed by atoms with van der Waals surface area (Å²) in [5.74, 6) is -0.119. The summed E-state index contributed by atoms with van der Waals surface area (Å²) in [5, 5.41) is 3.34. The molecular weight excluding hydrogens is 215 g/mol. The van der Waals surface area contributed by atoms with Gasteiger partial charge in [0, 0.05) is 24.3 Å². The molecule has 1 aromatic rings. The van der Waals surface area contributed by atoms with Crippen molar-refractivity contribution in [3.63, 3.8) is 0 Å². The van der Waals surface area contributed by atoms with Crippen LogP contribution in [0.1, 0.15) is 25.3 Å². The SMILES string of the molecule is CNC1CCN(c2ccc(F)c(C)c2)C(C)C1. The van der Waals surface area contributed by atoms with Gasteiger partial charge in [-0.15, -0.1) is 0 Å². The highest BCUT2D eigenvalue weighted by atomic mass is 19.1. The molecule has 0 spiro atoms. The largest absolute Gasteiger partial charge is 0.369 e. The molecule has 1 heterocycles. The number of hydrogen-bond acceptors (Lipinski definition) is 2. The highest BCUT2D eigenvalue weighted by molar-refractivity contribution is 5.50. The van der Waals surface area contributed by atoms with E-state index in [1.807, 2.05) is 26.1 Å². The third-order valence-electron chi connectivity index (χ3n) is 3.76. The van der Waals surface area contributed by atoms with Gasteiger partial charge in [-0.3, -0.25) is 0 Å². The standard InChI is InChI=1S/C14H21FN2/c1-10-8-13(4-5-14(10)15)17-7-6-12(16-3)9-11(17)2/h4-5,8,11-12,16H,6-7,9H2,1-3H3. The van der Waals surface area contributed by atoms with Gasteiger partial charge in [-0.05, 0) is 57.5 Å². The van der Waals surface area contributed by atoms with E-state index >= 15 is 0 Å². The minimum atomic E-state index is -0.119. The smallest absolute Gasteiger partial charge is 0.126 e. The molecule has 1 fully saturated rings. The van der Waals surface area contributed by atoms with Gasteiger partial charge in [0.25, 0.3) is 0 Å². The number of nitrogens with zero attached hydrogens (tertiary/aromatic N) is 1. The minimum Gasteiger partial charge on any atom is -0.369 e. The third-order valence-corrected chi connectivity index (χ3v) is 3.76. The first-order chi connectivity index (χ1) is 8.11. The van der Waals surface area contributed by atoms with E-state index in [0.717, 1.165) is 30.6 Å². The molecule has 1 aliphatic heterocycles. The first-order valence-corrected chi connectivity index (χ1v) is 6.32. The van der Waals surface area contributed by atoms with Crippen molar-refractivity contribution in [2.75, 3.05) is 18.5 Å². The van der Waals surface area contributed by atoms with Gasteiger partial charge < -0.3 is 10.2 Å². The second-order valence-corrected chi connectivity index (χ2v) is 4.99. The van der Waals surface area contributed by atoms with Crippen molar-refractivity contribution < 1.29 is 4.39 Å². The van der Waals surface area contributed by atoms with Gasteiger partial charge in [0.05, 0.1) is 0 Å². The van der Waals surface area contributed by atoms with E-state index < -0.39 is 0 Å². The highest BCUT2D eigenvalue weighted by Gasteiger charge is 2.24. The van der Waals surface area contributed by atoms with Crippen molar-refractivity contribution in [3.8, 4) is 0 Å².